The molecule has 0 bridgehead atoms. The molecule has 9 heteroatoms. The zero-order valence-corrected chi connectivity index (χ0v) is 18.2. The van der Waals surface area contributed by atoms with Crippen LogP contribution in [0.3, 0.4) is 0 Å². The van der Waals surface area contributed by atoms with Gasteiger partial charge in [0.15, 0.2) is 5.60 Å². The van der Waals surface area contributed by atoms with Crippen LogP contribution < -0.4 is 10.1 Å². The third-order valence-corrected chi connectivity index (χ3v) is 4.42. The van der Waals surface area contributed by atoms with E-state index in [2.05, 4.69) is 5.32 Å². The molecule has 2 rings (SSSR count). The number of carboxylic acid groups (broad SMARTS) is 1. The summed E-state index contributed by atoms with van der Waals surface area (Å²) >= 11 is 0. The van der Waals surface area contributed by atoms with Gasteiger partial charge in [-0.05, 0) is 56.0 Å². The highest BCUT2D eigenvalue weighted by atomic mass is 19.4. The number of aliphatic hydroxyl groups is 1. The summed E-state index contributed by atoms with van der Waals surface area (Å²) in [6, 6.07) is 11.8. The van der Waals surface area contributed by atoms with Gasteiger partial charge in [-0.2, -0.15) is 13.2 Å². The number of aliphatic hydroxyl groups excluding tert-OH is 1. The van der Waals surface area contributed by atoms with E-state index in [4.69, 9.17) is 14.9 Å². The number of ether oxygens (including phenoxy) is 1. The molecule has 0 saturated heterocycles. The Balaban J connectivity index is 0.00000249. The average molecular weight is 455 g/mol. The number of carbonyl (C=O) groups is 2. The highest BCUT2D eigenvalue weighted by Crippen LogP contribution is 2.29. The van der Waals surface area contributed by atoms with Crippen LogP contribution in [0.15, 0.2) is 48.5 Å². The molecular formula is C23H28F3NO5. The van der Waals surface area contributed by atoms with E-state index < -0.39 is 29.2 Å². The Morgan fingerprint density at radius 2 is 1.59 bits per heavy atom. The molecule has 0 unspecified atom stereocenters. The molecule has 3 N–H and O–H groups in total. The van der Waals surface area contributed by atoms with E-state index in [9.17, 15) is 22.8 Å². The van der Waals surface area contributed by atoms with E-state index in [1.54, 1.807) is 44.2 Å². The Morgan fingerprint density at radius 1 is 0.969 bits per heavy atom. The first-order valence-corrected chi connectivity index (χ1v) is 9.86. The van der Waals surface area contributed by atoms with Gasteiger partial charge >= 0.3 is 12.1 Å². The fourth-order valence-corrected chi connectivity index (χ4v) is 2.75. The third kappa shape index (κ3) is 8.97. The van der Waals surface area contributed by atoms with Gasteiger partial charge in [0.25, 0.3) is 5.91 Å². The number of hydrogen-bond donors (Lipinski definition) is 3. The Hall–Kier alpha value is -3.07. The number of rotatable bonds is 9. The first-order chi connectivity index (χ1) is 15.0. The van der Waals surface area contributed by atoms with Crippen molar-refractivity contribution in [2.45, 2.75) is 44.9 Å². The predicted octanol–water partition coefficient (Wildman–Crippen LogP) is 3.85. The van der Waals surface area contributed by atoms with Crippen molar-refractivity contribution >= 4 is 11.9 Å². The summed E-state index contributed by atoms with van der Waals surface area (Å²) in [5.41, 5.74) is -0.605. The van der Waals surface area contributed by atoms with Crippen molar-refractivity contribution in [3.05, 3.63) is 65.2 Å². The second kappa shape index (κ2) is 12.1. The molecule has 0 spiro atoms. The average Bonchev–Trinajstić information content (AvgIpc) is 2.74. The van der Waals surface area contributed by atoms with Crippen LogP contribution in [0.4, 0.5) is 13.2 Å². The van der Waals surface area contributed by atoms with E-state index in [1.807, 2.05) is 0 Å². The standard InChI is InChI=1S/C22H24F3NO4.CH4O/c1-21(2,30-18-9-6-15(7-10-18)8-11-19(27)28)20(29)26-13-12-16-4-3-5-17(14-16)22(23,24)25;1-2/h3-7,9-10,14H,8,11-13H2,1-2H3,(H,26,29)(H,27,28);2H,1H3. The van der Waals surface area contributed by atoms with Crippen LogP contribution in [0, 0.1) is 0 Å². The topological polar surface area (TPSA) is 95.9 Å². The van der Waals surface area contributed by atoms with Gasteiger partial charge in [0.2, 0.25) is 0 Å². The Morgan fingerprint density at radius 3 is 2.16 bits per heavy atom. The first kappa shape index (κ1) is 27.0. The number of carbonyl (C=O) groups excluding carboxylic acids is 1. The Bertz CT molecular complexity index is 880. The summed E-state index contributed by atoms with van der Waals surface area (Å²) in [5.74, 6) is -0.824. The van der Waals surface area contributed by atoms with E-state index in [0.717, 1.165) is 24.8 Å². The van der Waals surface area contributed by atoms with E-state index >= 15 is 0 Å². The summed E-state index contributed by atoms with van der Waals surface area (Å²) in [7, 11) is 1.00. The molecule has 32 heavy (non-hydrogen) atoms. The van der Waals surface area contributed by atoms with Crippen LogP contribution in [0.2, 0.25) is 0 Å². The minimum absolute atomic E-state index is 0.0278. The minimum Gasteiger partial charge on any atom is -0.481 e. The minimum atomic E-state index is -4.40. The maximum absolute atomic E-state index is 12.8. The molecule has 0 aliphatic heterocycles. The number of amides is 1. The third-order valence-electron chi connectivity index (χ3n) is 4.42. The van der Waals surface area contributed by atoms with Crippen LogP contribution >= 0.6 is 0 Å². The predicted molar refractivity (Wildman–Crippen MR) is 113 cm³/mol. The second-order valence-corrected chi connectivity index (χ2v) is 7.35. The van der Waals surface area contributed by atoms with Crippen molar-refractivity contribution in [2.24, 2.45) is 0 Å². The molecule has 2 aromatic carbocycles. The summed E-state index contributed by atoms with van der Waals surface area (Å²) < 4.78 is 44.1. The largest absolute Gasteiger partial charge is 0.481 e. The molecule has 0 fully saturated rings. The number of nitrogens with one attached hydrogen (secondary N) is 1. The molecule has 0 heterocycles. The zero-order chi connectivity index (χ0) is 24.4. The molecule has 176 valence electrons. The van der Waals surface area contributed by atoms with Gasteiger partial charge in [0, 0.05) is 20.1 Å². The molecular weight excluding hydrogens is 427 g/mol. The highest BCUT2D eigenvalue weighted by molar-refractivity contribution is 5.84. The number of aliphatic carboxylic acids is 1. The number of benzene rings is 2. The second-order valence-electron chi connectivity index (χ2n) is 7.35. The number of halogens is 3. The van der Waals surface area contributed by atoms with Crippen LogP contribution in [0.5, 0.6) is 5.75 Å². The van der Waals surface area contributed by atoms with Gasteiger partial charge in [-0.15, -0.1) is 0 Å². The van der Waals surface area contributed by atoms with Crippen LogP contribution in [-0.2, 0) is 28.6 Å². The fourth-order valence-electron chi connectivity index (χ4n) is 2.75. The van der Waals surface area contributed by atoms with Gasteiger partial charge in [-0.25, -0.2) is 0 Å². The SMILES string of the molecule is CC(C)(Oc1ccc(CCC(=O)O)cc1)C(=O)NCCc1cccc(C(F)(F)F)c1.CO. The maximum atomic E-state index is 12.8. The lowest BCUT2D eigenvalue weighted by Gasteiger charge is -2.25. The molecule has 2 aromatic rings. The van der Waals surface area contributed by atoms with Gasteiger partial charge in [-0.1, -0.05) is 30.3 Å². The van der Waals surface area contributed by atoms with Gasteiger partial charge in [0.1, 0.15) is 5.75 Å². The molecule has 1 amide bonds. The lowest BCUT2D eigenvalue weighted by atomic mass is 10.1. The molecule has 0 atom stereocenters. The van der Waals surface area contributed by atoms with E-state index in [-0.39, 0.29) is 19.4 Å². The fraction of sp³-hybridized carbons (Fsp3) is 0.391. The number of alkyl halides is 3. The van der Waals surface area contributed by atoms with Crippen molar-refractivity contribution in [1.29, 1.82) is 0 Å². The molecule has 0 aromatic heterocycles. The van der Waals surface area contributed by atoms with Gasteiger partial charge in [0.05, 0.1) is 5.56 Å². The van der Waals surface area contributed by atoms with Crippen molar-refractivity contribution < 1.29 is 37.7 Å². The summed E-state index contributed by atoms with van der Waals surface area (Å²) in [5, 5.41) is 18.4. The van der Waals surface area contributed by atoms with Crippen molar-refractivity contribution in [2.75, 3.05) is 13.7 Å². The number of hydrogen-bond acceptors (Lipinski definition) is 4. The molecule has 6 nitrogen and oxygen atoms in total. The van der Waals surface area contributed by atoms with E-state index in [1.165, 1.54) is 6.07 Å². The Kier molecular flexibility index (Phi) is 10.2. The monoisotopic (exact) mass is 455 g/mol. The van der Waals surface area contributed by atoms with Crippen molar-refractivity contribution in [1.82, 2.24) is 5.32 Å². The maximum Gasteiger partial charge on any atom is 0.416 e. The van der Waals surface area contributed by atoms with E-state index in [0.29, 0.717) is 17.7 Å². The number of carboxylic acids is 1. The smallest absolute Gasteiger partial charge is 0.416 e. The van der Waals surface area contributed by atoms with Crippen molar-refractivity contribution in [3.8, 4) is 5.75 Å². The highest BCUT2D eigenvalue weighted by Gasteiger charge is 2.31. The number of aryl methyl sites for hydroxylation is 1. The zero-order valence-electron chi connectivity index (χ0n) is 18.2. The van der Waals surface area contributed by atoms with Crippen LogP contribution in [-0.4, -0.2) is 41.3 Å². The summed E-state index contributed by atoms with van der Waals surface area (Å²) in [6.07, 6.45) is -3.72. The quantitative estimate of drug-likeness (QED) is 0.534. The lowest BCUT2D eigenvalue weighted by Crippen LogP contribution is -2.47. The lowest BCUT2D eigenvalue weighted by molar-refractivity contribution is -0.138. The summed E-state index contributed by atoms with van der Waals surface area (Å²) in [6.45, 7) is 3.34. The molecule has 0 aliphatic carbocycles. The molecule has 0 saturated carbocycles. The normalized spacial score (nSPS) is 11.2. The van der Waals surface area contributed by atoms with Crippen LogP contribution in [0.1, 0.15) is 37.0 Å². The molecule has 0 radical (unpaired) electrons. The Labute approximate surface area is 185 Å². The van der Waals surface area contributed by atoms with Gasteiger partial charge < -0.3 is 20.3 Å². The summed E-state index contributed by atoms with van der Waals surface area (Å²) in [4.78, 5) is 23.1. The van der Waals surface area contributed by atoms with Crippen molar-refractivity contribution in [3.63, 3.8) is 0 Å². The first-order valence-electron chi connectivity index (χ1n) is 9.86. The molecule has 0 aliphatic rings. The van der Waals surface area contributed by atoms with Crippen LogP contribution in [0.25, 0.3) is 0 Å². The van der Waals surface area contributed by atoms with Gasteiger partial charge in [-0.3, -0.25) is 9.59 Å².